The van der Waals surface area contributed by atoms with Crippen LogP contribution in [0.25, 0.3) is 10.8 Å². The van der Waals surface area contributed by atoms with Gasteiger partial charge in [0.2, 0.25) is 5.91 Å². The number of rotatable bonds is 7. The third-order valence-corrected chi connectivity index (χ3v) is 4.67. The number of carbonyl (C=O) groups excluding carboxylic acids is 2. The summed E-state index contributed by atoms with van der Waals surface area (Å²) in [5.74, 6) is -0.367. The highest BCUT2D eigenvalue weighted by atomic mass is 16.6. The minimum Gasteiger partial charge on any atom is -0.385 e. The van der Waals surface area contributed by atoms with Gasteiger partial charge in [-0.15, -0.1) is 0 Å². The number of benzene rings is 3. The second-order valence-corrected chi connectivity index (χ2v) is 7.10. The topological polar surface area (TPSA) is 79.8 Å². The average Bonchev–Trinajstić information content (AvgIpc) is 2.73. The molecular formula is C24H25N3O3. The first-order chi connectivity index (χ1) is 14.4. The van der Waals surface area contributed by atoms with Gasteiger partial charge in [-0.2, -0.15) is 0 Å². The molecule has 0 heterocycles. The molecule has 3 aromatic carbocycles. The molecule has 0 aliphatic heterocycles. The molecule has 1 atom stereocenters. The number of carbonyl (C=O) groups is 2. The number of nitrogens with zero attached hydrogens (tertiary/aromatic N) is 1. The molecule has 0 fully saturated rings. The van der Waals surface area contributed by atoms with Crippen LogP contribution in [0, 0.1) is 0 Å². The van der Waals surface area contributed by atoms with E-state index in [4.69, 9.17) is 4.84 Å². The van der Waals surface area contributed by atoms with Gasteiger partial charge in [0.15, 0.2) is 6.61 Å². The van der Waals surface area contributed by atoms with Gasteiger partial charge >= 0.3 is 0 Å². The molecule has 0 aromatic heterocycles. The average molecular weight is 403 g/mol. The van der Waals surface area contributed by atoms with Crippen LogP contribution in [0.2, 0.25) is 0 Å². The van der Waals surface area contributed by atoms with Gasteiger partial charge in [0, 0.05) is 12.6 Å². The van der Waals surface area contributed by atoms with Crippen molar-refractivity contribution >= 4 is 34.0 Å². The van der Waals surface area contributed by atoms with Crippen LogP contribution >= 0.6 is 0 Å². The Balaban J connectivity index is 1.52. The van der Waals surface area contributed by atoms with Crippen LogP contribution in [-0.2, 0) is 14.4 Å². The highest BCUT2D eigenvalue weighted by molar-refractivity contribution is 5.99. The van der Waals surface area contributed by atoms with Crippen LogP contribution < -0.4 is 10.6 Å². The summed E-state index contributed by atoms with van der Waals surface area (Å²) in [5, 5.41) is 11.9. The lowest BCUT2D eigenvalue weighted by molar-refractivity contribution is -0.126. The molecule has 0 bridgehead atoms. The molecule has 0 saturated carbocycles. The van der Waals surface area contributed by atoms with Crippen molar-refractivity contribution in [1.82, 2.24) is 5.32 Å². The Morgan fingerprint density at radius 2 is 1.67 bits per heavy atom. The third kappa shape index (κ3) is 5.67. The fraction of sp³-hybridized carbons (Fsp3) is 0.208. The third-order valence-electron chi connectivity index (χ3n) is 4.67. The molecule has 0 aliphatic carbocycles. The SMILES string of the molecule is CC(=O)Nc1ccc(C(C)=NOCC(=O)N[C@H](C)c2ccc3ccccc3c2)cc1. The van der Waals surface area contributed by atoms with Gasteiger partial charge < -0.3 is 15.5 Å². The summed E-state index contributed by atoms with van der Waals surface area (Å²) in [4.78, 5) is 28.5. The van der Waals surface area contributed by atoms with E-state index in [9.17, 15) is 9.59 Å². The first-order valence-corrected chi connectivity index (χ1v) is 9.75. The molecule has 0 saturated heterocycles. The Bertz CT molecular complexity index is 1070. The molecule has 2 amide bonds. The van der Waals surface area contributed by atoms with Gasteiger partial charge in [0.05, 0.1) is 11.8 Å². The molecule has 154 valence electrons. The minimum absolute atomic E-state index is 0.125. The molecule has 0 radical (unpaired) electrons. The summed E-state index contributed by atoms with van der Waals surface area (Å²) >= 11 is 0. The quantitative estimate of drug-likeness (QED) is 0.453. The first kappa shape index (κ1) is 21.0. The van der Waals surface area contributed by atoms with Crippen LogP contribution in [0.3, 0.4) is 0 Å². The Morgan fingerprint density at radius 3 is 2.37 bits per heavy atom. The van der Waals surface area contributed by atoms with Crippen molar-refractivity contribution in [1.29, 1.82) is 0 Å². The first-order valence-electron chi connectivity index (χ1n) is 9.75. The maximum atomic E-state index is 12.2. The Morgan fingerprint density at radius 1 is 0.967 bits per heavy atom. The second kappa shape index (κ2) is 9.69. The molecule has 6 heteroatoms. The van der Waals surface area contributed by atoms with Gasteiger partial charge in [-0.25, -0.2) is 0 Å². The summed E-state index contributed by atoms with van der Waals surface area (Å²) in [5.41, 5.74) is 3.22. The smallest absolute Gasteiger partial charge is 0.261 e. The van der Waals surface area contributed by atoms with Gasteiger partial charge in [-0.3, -0.25) is 9.59 Å². The zero-order valence-electron chi connectivity index (χ0n) is 17.3. The van der Waals surface area contributed by atoms with Crippen molar-refractivity contribution in [3.63, 3.8) is 0 Å². The maximum Gasteiger partial charge on any atom is 0.261 e. The Labute approximate surface area is 175 Å². The van der Waals surface area contributed by atoms with E-state index in [1.165, 1.54) is 6.92 Å². The summed E-state index contributed by atoms with van der Waals surface area (Å²) < 4.78 is 0. The lowest BCUT2D eigenvalue weighted by Crippen LogP contribution is -2.29. The van der Waals surface area contributed by atoms with Crippen LogP contribution in [-0.4, -0.2) is 24.1 Å². The number of nitrogens with one attached hydrogen (secondary N) is 2. The second-order valence-electron chi connectivity index (χ2n) is 7.10. The number of anilines is 1. The standard InChI is InChI=1S/C24H25N3O3/c1-16(21-9-8-20-6-4-5-7-22(20)14-21)25-24(29)15-30-27-17(2)19-10-12-23(13-11-19)26-18(3)28/h4-14,16H,15H2,1-3H3,(H,25,29)(H,26,28)/t16-/m1/s1. The van der Waals surface area contributed by atoms with Crippen LogP contribution in [0.1, 0.15) is 37.9 Å². The monoisotopic (exact) mass is 403 g/mol. The lowest BCUT2D eigenvalue weighted by Gasteiger charge is -2.14. The van der Waals surface area contributed by atoms with Crippen LogP contribution in [0.5, 0.6) is 0 Å². The van der Waals surface area contributed by atoms with Gasteiger partial charge in [0.1, 0.15) is 0 Å². The molecule has 6 nitrogen and oxygen atoms in total. The van der Waals surface area contributed by atoms with Gasteiger partial charge in [0.25, 0.3) is 5.91 Å². The lowest BCUT2D eigenvalue weighted by atomic mass is 10.0. The van der Waals surface area contributed by atoms with Crippen molar-refractivity contribution in [3.8, 4) is 0 Å². The van der Waals surface area contributed by atoms with Crippen LogP contribution in [0.15, 0.2) is 71.9 Å². The number of hydrogen-bond acceptors (Lipinski definition) is 4. The van der Waals surface area contributed by atoms with Crippen molar-refractivity contribution in [2.24, 2.45) is 5.16 Å². The number of fused-ring (bicyclic) bond motifs is 1. The zero-order chi connectivity index (χ0) is 21.5. The molecule has 2 N–H and O–H groups in total. The van der Waals surface area contributed by atoms with E-state index in [1.807, 2.05) is 37.3 Å². The van der Waals surface area contributed by atoms with Gasteiger partial charge in [-0.1, -0.05) is 53.7 Å². The Kier molecular flexibility index (Phi) is 6.80. The molecule has 0 spiro atoms. The predicted molar refractivity (Wildman–Crippen MR) is 119 cm³/mol. The van der Waals surface area contributed by atoms with E-state index in [-0.39, 0.29) is 24.5 Å². The summed E-state index contributed by atoms with van der Waals surface area (Å²) in [6.45, 7) is 5.02. The molecule has 0 unspecified atom stereocenters. The van der Waals surface area contributed by atoms with E-state index in [0.29, 0.717) is 11.4 Å². The van der Waals surface area contributed by atoms with Crippen molar-refractivity contribution in [3.05, 3.63) is 77.9 Å². The number of oxime groups is 1. The maximum absolute atomic E-state index is 12.2. The molecule has 0 aliphatic rings. The van der Waals surface area contributed by atoms with Crippen molar-refractivity contribution in [2.45, 2.75) is 26.8 Å². The predicted octanol–water partition coefficient (Wildman–Crippen LogP) is 4.42. The number of amides is 2. The van der Waals surface area contributed by atoms with E-state index in [0.717, 1.165) is 21.9 Å². The highest BCUT2D eigenvalue weighted by Crippen LogP contribution is 2.20. The summed E-state index contributed by atoms with van der Waals surface area (Å²) in [7, 11) is 0. The zero-order valence-corrected chi connectivity index (χ0v) is 17.3. The molecule has 3 rings (SSSR count). The normalized spacial score (nSPS) is 12.3. The van der Waals surface area contributed by atoms with Crippen LogP contribution in [0.4, 0.5) is 5.69 Å². The van der Waals surface area contributed by atoms with Gasteiger partial charge in [-0.05, 0) is 53.9 Å². The Hall–Kier alpha value is -3.67. The van der Waals surface area contributed by atoms with Crippen molar-refractivity contribution < 1.29 is 14.4 Å². The van der Waals surface area contributed by atoms with Crippen molar-refractivity contribution in [2.75, 3.05) is 11.9 Å². The summed E-state index contributed by atoms with van der Waals surface area (Å²) in [6.07, 6.45) is 0. The highest BCUT2D eigenvalue weighted by Gasteiger charge is 2.11. The molecular weight excluding hydrogens is 378 g/mol. The number of hydrogen-bond donors (Lipinski definition) is 2. The molecule has 3 aromatic rings. The van der Waals surface area contributed by atoms with E-state index < -0.39 is 0 Å². The van der Waals surface area contributed by atoms with E-state index in [1.54, 1.807) is 19.1 Å². The van der Waals surface area contributed by atoms with E-state index in [2.05, 4.69) is 40.1 Å². The van der Waals surface area contributed by atoms with E-state index >= 15 is 0 Å². The largest absolute Gasteiger partial charge is 0.385 e. The fourth-order valence-corrected chi connectivity index (χ4v) is 3.08. The molecule has 30 heavy (non-hydrogen) atoms. The minimum atomic E-state index is -0.242. The fourth-order valence-electron chi connectivity index (χ4n) is 3.08. The summed E-state index contributed by atoms with van der Waals surface area (Å²) in [6, 6.07) is 21.3.